The van der Waals surface area contributed by atoms with E-state index in [1.165, 1.54) is 24.3 Å². The molecule has 1 aromatic heterocycles. The van der Waals surface area contributed by atoms with Crippen LogP contribution in [0.2, 0.25) is 0 Å². The van der Waals surface area contributed by atoms with Crippen molar-refractivity contribution in [3.8, 4) is 0 Å². The first-order valence-electron chi connectivity index (χ1n) is 7.71. The van der Waals surface area contributed by atoms with E-state index in [-0.39, 0.29) is 4.91 Å². The lowest BCUT2D eigenvalue weighted by atomic mass is 10.2. The van der Waals surface area contributed by atoms with Crippen molar-refractivity contribution in [3.63, 3.8) is 0 Å². The summed E-state index contributed by atoms with van der Waals surface area (Å²) in [7, 11) is 0. The maximum atomic E-state index is 12.9. The minimum atomic E-state index is -0.546. The second-order valence-corrected chi connectivity index (χ2v) is 6.68. The molecule has 1 aliphatic heterocycles. The van der Waals surface area contributed by atoms with Crippen LogP contribution in [0, 0.1) is 19.7 Å². The van der Waals surface area contributed by atoms with E-state index in [0.29, 0.717) is 22.8 Å². The molecular weight excluding hydrogens is 359 g/mol. The molecule has 1 N–H and O–H groups in total. The van der Waals surface area contributed by atoms with Crippen LogP contribution in [0.3, 0.4) is 0 Å². The van der Waals surface area contributed by atoms with Crippen LogP contribution in [-0.2, 0) is 9.59 Å². The van der Waals surface area contributed by atoms with E-state index in [2.05, 4.69) is 5.32 Å². The van der Waals surface area contributed by atoms with Crippen LogP contribution in [0.25, 0.3) is 6.08 Å². The van der Waals surface area contributed by atoms with Crippen LogP contribution >= 0.6 is 11.8 Å². The number of imide groups is 1. The van der Waals surface area contributed by atoms with Gasteiger partial charge in [0.05, 0.1) is 4.91 Å². The first kappa shape index (κ1) is 17.9. The summed E-state index contributed by atoms with van der Waals surface area (Å²) in [6.07, 6.45) is 1.58. The third-order valence-electron chi connectivity index (χ3n) is 3.67. The van der Waals surface area contributed by atoms with Gasteiger partial charge in [0.25, 0.3) is 11.1 Å². The summed E-state index contributed by atoms with van der Waals surface area (Å²) in [5.74, 6) is -0.165. The normalized spacial score (nSPS) is 15.8. The number of carbonyl (C=O) groups is 3. The number of furan rings is 1. The molecule has 8 heteroatoms. The SMILES string of the molecule is Cc1cc(/C=C2\SC(=O)N(CC(=O)Nc3ccc(F)cc3)C2=O)c(C)o1. The lowest BCUT2D eigenvalue weighted by Crippen LogP contribution is -2.36. The van der Waals surface area contributed by atoms with Crippen LogP contribution in [0.1, 0.15) is 17.1 Å². The molecule has 26 heavy (non-hydrogen) atoms. The van der Waals surface area contributed by atoms with Crippen LogP contribution in [0.5, 0.6) is 0 Å². The van der Waals surface area contributed by atoms with Gasteiger partial charge in [-0.05, 0) is 62.0 Å². The number of anilines is 1. The van der Waals surface area contributed by atoms with Gasteiger partial charge in [-0.2, -0.15) is 0 Å². The van der Waals surface area contributed by atoms with E-state index in [9.17, 15) is 18.8 Å². The standard InChI is InChI=1S/C18H15FN2O4S/c1-10-7-12(11(2)25-10)8-15-17(23)21(18(24)26-15)9-16(22)20-14-5-3-13(19)4-6-14/h3-8H,9H2,1-2H3,(H,20,22)/b15-8-. The number of halogens is 1. The molecule has 0 atom stereocenters. The molecule has 0 radical (unpaired) electrons. The van der Waals surface area contributed by atoms with E-state index in [0.717, 1.165) is 16.7 Å². The zero-order valence-electron chi connectivity index (χ0n) is 14.0. The Kier molecular flexibility index (Phi) is 4.94. The fraction of sp³-hybridized carbons (Fsp3) is 0.167. The van der Waals surface area contributed by atoms with Gasteiger partial charge in [0.2, 0.25) is 5.91 Å². The number of hydrogen-bond acceptors (Lipinski definition) is 5. The van der Waals surface area contributed by atoms with Gasteiger partial charge in [0, 0.05) is 11.3 Å². The summed E-state index contributed by atoms with van der Waals surface area (Å²) in [5.41, 5.74) is 1.09. The van der Waals surface area contributed by atoms with Gasteiger partial charge in [0.15, 0.2) is 0 Å². The molecule has 0 saturated carbocycles. The number of nitrogens with one attached hydrogen (secondary N) is 1. The number of amides is 3. The lowest BCUT2D eigenvalue weighted by molar-refractivity contribution is -0.127. The molecule has 3 amide bonds. The molecule has 6 nitrogen and oxygen atoms in total. The van der Waals surface area contributed by atoms with E-state index in [1.54, 1.807) is 26.0 Å². The average Bonchev–Trinajstić information content (AvgIpc) is 3.03. The Morgan fingerprint density at radius 2 is 1.96 bits per heavy atom. The van der Waals surface area contributed by atoms with E-state index in [4.69, 9.17) is 4.42 Å². The van der Waals surface area contributed by atoms with Gasteiger partial charge in [-0.25, -0.2) is 4.39 Å². The van der Waals surface area contributed by atoms with Gasteiger partial charge in [0.1, 0.15) is 23.9 Å². The largest absolute Gasteiger partial charge is 0.466 e. The molecule has 0 spiro atoms. The van der Waals surface area contributed by atoms with Crippen molar-refractivity contribution in [2.45, 2.75) is 13.8 Å². The van der Waals surface area contributed by atoms with Gasteiger partial charge in [-0.15, -0.1) is 0 Å². The van der Waals surface area contributed by atoms with Crippen LogP contribution in [0.15, 0.2) is 39.7 Å². The second kappa shape index (κ2) is 7.17. The monoisotopic (exact) mass is 374 g/mol. The number of benzene rings is 1. The van der Waals surface area contributed by atoms with Gasteiger partial charge < -0.3 is 9.73 Å². The molecule has 1 saturated heterocycles. The third-order valence-corrected chi connectivity index (χ3v) is 4.58. The minimum Gasteiger partial charge on any atom is -0.466 e. The topological polar surface area (TPSA) is 79.6 Å². The van der Waals surface area contributed by atoms with Crippen molar-refractivity contribution in [2.75, 3.05) is 11.9 Å². The van der Waals surface area contributed by atoms with Crippen molar-refractivity contribution < 1.29 is 23.2 Å². The number of carbonyl (C=O) groups excluding carboxylic acids is 3. The van der Waals surface area contributed by atoms with Crippen molar-refractivity contribution in [1.82, 2.24) is 4.90 Å². The average molecular weight is 374 g/mol. The van der Waals surface area contributed by atoms with Gasteiger partial charge in [-0.1, -0.05) is 0 Å². The van der Waals surface area contributed by atoms with Crippen LogP contribution in [0.4, 0.5) is 14.9 Å². The predicted molar refractivity (Wildman–Crippen MR) is 95.9 cm³/mol. The summed E-state index contributed by atoms with van der Waals surface area (Å²) in [4.78, 5) is 37.7. The molecule has 0 unspecified atom stereocenters. The highest BCUT2D eigenvalue weighted by atomic mass is 32.2. The number of nitrogens with zero attached hydrogens (tertiary/aromatic N) is 1. The number of rotatable bonds is 4. The summed E-state index contributed by atoms with van der Waals surface area (Å²) in [6.45, 7) is 3.14. The molecule has 134 valence electrons. The molecule has 3 rings (SSSR count). The van der Waals surface area contributed by atoms with Gasteiger partial charge >= 0.3 is 0 Å². The van der Waals surface area contributed by atoms with E-state index < -0.39 is 29.4 Å². The zero-order chi connectivity index (χ0) is 18.8. The number of hydrogen-bond donors (Lipinski definition) is 1. The highest BCUT2D eigenvalue weighted by Gasteiger charge is 2.36. The smallest absolute Gasteiger partial charge is 0.294 e. The summed E-state index contributed by atoms with van der Waals surface area (Å²) in [5, 5.41) is 2.00. The number of thioether (sulfide) groups is 1. The van der Waals surface area contributed by atoms with Crippen LogP contribution < -0.4 is 5.32 Å². The molecular formula is C18H15FN2O4S. The number of aryl methyl sites for hydroxylation is 2. The van der Waals surface area contributed by atoms with E-state index >= 15 is 0 Å². The molecule has 1 aromatic carbocycles. The summed E-state index contributed by atoms with van der Waals surface area (Å²) in [6, 6.07) is 6.96. The van der Waals surface area contributed by atoms with E-state index in [1.807, 2.05) is 0 Å². The Bertz CT molecular complexity index is 918. The Morgan fingerprint density at radius 3 is 2.58 bits per heavy atom. The molecule has 2 heterocycles. The Morgan fingerprint density at radius 1 is 1.27 bits per heavy atom. The molecule has 1 fully saturated rings. The second-order valence-electron chi connectivity index (χ2n) is 5.69. The van der Waals surface area contributed by atoms with Crippen molar-refractivity contribution in [3.05, 3.63) is 58.1 Å². The third kappa shape index (κ3) is 3.85. The lowest BCUT2D eigenvalue weighted by Gasteiger charge is -2.12. The first-order chi connectivity index (χ1) is 12.3. The Hall–Kier alpha value is -2.87. The van der Waals surface area contributed by atoms with Crippen molar-refractivity contribution >= 4 is 40.6 Å². The summed E-state index contributed by atoms with van der Waals surface area (Å²) < 4.78 is 18.3. The zero-order valence-corrected chi connectivity index (χ0v) is 14.9. The maximum absolute atomic E-state index is 12.9. The fourth-order valence-electron chi connectivity index (χ4n) is 2.45. The fourth-order valence-corrected chi connectivity index (χ4v) is 3.28. The highest BCUT2D eigenvalue weighted by Crippen LogP contribution is 2.33. The summed E-state index contributed by atoms with van der Waals surface area (Å²) >= 11 is 0.772. The minimum absolute atomic E-state index is 0.230. The van der Waals surface area contributed by atoms with Crippen LogP contribution in [-0.4, -0.2) is 28.5 Å². The van der Waals surface area contributed by atoms with Gasteiger partial charge in [-0.3, -0.25) is 19.3 Å². The molecule has 0 aliphatic carbocycles. The first-order valence-corrected chi connectivity index (χ1v) is 8.53. The molecule has 1 aliphatic rings. The predicted octanol–water partition coefficient (Wildman–Crippen LogP) is 3.71. The molecule has 2 aromatic rings. The van der Waals surface area contributed by atoms with Crippen molar-refractivity contribution in [2.24, 2.45) is 0 Å². The maximum Gasteiger partial charge on any atom is 0.294 e. The van der Waals surface area contributed by atoms with Crippen molar-refractivity contribution in [1.29, 1.82) is 0 Å². The molecule has 0 bridgehead atoms. The quantitative estimate of drug-likeness (QED) is 0.826. The highest BCUT2D eigenvalue weighted by molar-refractivity contribution is 8.18. The Labute approximate surface area is 153 Å². The Balaban J connectivity index is 1.70.